The van der Waals surface area contributed by atoms with E-state index in [0.717, 1.165) is 31.5 Å². The maximum atomic E-state index is 12.6. The highest BCUT2D eigenvalue weighted by molar-refractivity contribution is 5.97. The van der Waals surface area contributed by atoms with Crippen molar-refractivity contribution in [3.05, 3.63) is 34.9 Å². The Balaban J connectivity index is 1.86. The van der Waals surface area contributed by atoms with E-state index in [4.69, 9.17) is 0 Å². The first-order valence-corrected chi connectivity index (χ1v) is 7.44. The van der Waals surface area contributed by atoms with Crippen LogP contribution in [0.5, 0.6) is 0 Å². The minimum absolute atomic E-state index is 0.00532. The summed E-state index contributed by atoms with van der Waals surface area (Å²) in [4.78, 5) is 25.5. The smallest absolute Gasteiger partial charge is 0.326 e. The van der Waals surface area contributed by atoms with Gasteiger partial charge in [-0.3, -0.25) is 4.79 Å². The van der Waals surface area contributed by atoms with Gasteiger partial charge in [0.25, 0.3) is 5.91 Å². The molecule has 0 spiro atoms. The third-order valence-corrected chi connectivity index (χ3v) is 4.55. The van der Waals surface area contributed by atoms with Crippen LogP contribution in [-0.4, -0.2) is 41.0 Å². The number of carbonyl (C=O) groups excluding carboxylic acids is 1. The molecule has 2 N–H and O–H groups in total. The summed E-state index contributed by atoms with van der Waals surface area (Å²) in [6.07, 6.45) is 1.72. The van der Waals surface area contributed by atoms with Crippen molar-refractivity contribution in [2.75, 3.05) is 13.1 Å². The van der Waals surface area contributed by atoms with Gasteiger partial charge in [-0.15, -0.1) is 0 Å². The van der Waals surface area contributed by atoms with Crippen molar-refractivity contribution in [3.63, 3.8) is 0 Å². The fraction of sp³-hybridized carbons (Fsp3) is 0.500. The first-order chi connectivity index (χ1) is 10.1. The molecule has 3 rings (SSSR count). The van der Waals surface area contributed by atoms with Gasteiger partial charge in [-0.25, -0.2) is 4.79 Å². The van der Waals surface area contributed by atoms with Crippen LogP contribution in [0.3, 0.4) is 0 Å². The molecule has 2 aliphatic rings. The minimum Gasteiger partial charge on any atom is -0.480 e. The molecule has 1 aromatic rings. The quantitative estimate of drug-likeness (QED) is 0.860. The number of fused-ring (bicyclic) bond motifs is 1. The molecule has 5 nitrogen and oxygen atoms in total. The van der Waals surface area contributed by atoms with Gasteiger partial charge in [0.15, 0.2) is 0 Å². The third kappa shape index (κ3) is 2.53. The standard InChI is InChI=1S/C16H20N2O3/c1-10-5-7-18(14(10)16(20)21)15(19)12-3-2-11-4-6-17-9-13(11)8-12/h2-3,8,10,14,17H,4-7,9H2,1H3,(H,20,21). The Morgan fingerprint density at radius 2 is 2.14 bits per heavy atom. The Bertz CT molecular complexity index is 585. The highest BCUT2D eigenvalue weighted by atomic mass is 16.4. The lowest BCUT2D eigenvalue weighted by atomic mass is 9.98. The van der Waals surface area contributed by atoms with Crippen molar-refractivity contribution in [1.82, 2.24) is 10.2 Å². The van der Waals surface area contributed by atoms with E-state index >= 15 is 0 Å². The van der Waals surface area contributed by atoms with Gasteiger partial charge in [-0.1, -0.05) is 13.0 Å². The fourth-order valence-electron chi connectivity index (χ4n) is 3.33. The molecule has 21 heavy (non-hydrogen) atoms. The van der Waals surface area contributed by atoms with Crippen molar-refractivity contribution in [2.24, 2.45) is 5.92 Å². The predicted octanol–water partition coefficient (Wildman–Crippen LogP) is 1.27. The number of aliphatic carboxylic acids is 1. The second-order valence-electron chi connectivity index (χ2n) is 5.96. The zero-order valence-corrected chi connectivity index (χ0v) is 12.1. The molecule has 0 radical (unpaired) electrons. The molecule has 0 aliphatic carbocycles. The molecule has 112 valence electrons. The van der Waals surface area contributed by atoms with Crippen LogP contribution in [0.1, 0.15) is 34.8 Å². The zero-order valence-electron chi connectivity index (χ0n) is 12.1. The van der Waals surface area contributed by atoms with Crippen LogP contribution in [0.4, 0.5) is 0 Å². The summed E-state index contributed by atoms with van der Waals surface area (Å²) in [6.45, 7) is 4.15. The van der Waals surface area contributed by atoms with Gasteiger partial charge < -0.3 is 15.3 Å². The molecule has 1 fully saturated rings. The van der Waals surface area contributed by atoms with E-state index in [9.17, 15) is 14.7 Å². The Morgan fingerprint density at radius 1 is 1.33 bits per heavy atom. The maximum absolute atomic E-state index is 12.6. The number of carbonyl (C=O) groups is 2. The molecule has 0 saturated carbocycles. The number of benzene rings is 1. The van der Waals surface area contributed by atoms with Crippen LogP contribution in [0, 0.1) is 5.92 Å². The minimum atomic E-state index is -0.909. The number of likely N-dealkylation sites (tertiary alicyclic amines) is 1. The average Bonchev–Trinajstić information content (AvgIpc) is 2.88. The number of rotatable bonds is 2. The predicted molar refractivity (Wildman–Crippen MR) is 78.1 cm³/mol. The SMILES string of the molecule is CC1CCN(C(=O)c2ccc3c(c2)CNCC3)C1C(=O)O. The number of nitrogens with one attached hydrogen (secondary N) is 1. The van der Waals surface area contributed by atoms with Gasteiger partial charge >= 0.3 is 5.97 Å². The van der Waals surface area contributed by atoms with E-state index < -0.39 is 12.0 Å². The second kappa shape index (κ2) is 5.48. The van der Waals surface area contributed by atoms with E-state index in [1.165, 1.54) is 10.5 Å². The molecule has 2 unspecified atom stereocenters. The monoisotopic (exact) mass is 288 g/mol. The topological polar surface area (TPSA) is 69.6 Å². The molecule has 1 aromatic carbocycles. The van der Waals surface area contributed by atoms with Gasteiger partial charge in [0.1, 0.15) is 6.04 Å². The van der Waals surface area contributed by atoms with Crippen molar-refractivity contribution < 1.29 is 14.7 Å². The average molecular weight is 288 g/mol. The summed E-state index contributed by atoms with van der Waals surface area (Å²) >= 11 is 0. The highest BCUT2D eigenvalue weighted by Crippen LogP contribution is 2.26. The molecule has 0 aromatic heterocycles. The Kier molecular flexibility index (Phi) is 3.68. The summed E-state index contributed by atoms with van der Waals surface area (Å²) in [6, 6.07) is 5.03. The Morgan fingerprint density at radius 3 is 2.90 bits per heavy atom. The van der Waals surface area contributed by atoms with Crippen LogP contribution in [0.25, 0.3) is 0 Å². The van der Waals surface area contributed by atoms with E-state index in [0.29, 0.717) is 12.1 Å². The van der Waals surface area contributed by atoms with Crippen molar-refractivity contribution >= 4 is 11.9 Å². The molecule has 0 bridgehead atoms. The molecule has 5 heteroatoms. The lowest BCUT2D eigenvalue weighted by Crippen LogP contribution is -2.42. The molecular formula is C16H20N2O3. The van der Waals surface area contributed by atoms with Crippen LogP contribution < -0.4 is 5.32 Å². The van der Waals surface area contributed by atoms with Crippen molar-refractivity contribution in [3.8, 4) is 0 Å². The summed E-state index contributed by atoms with van der Waals surface area (Å²) in [5.74, 6) is -1.07. The number of carboxylic acids is 1. The number of hydrogen-bond donors (Lipinski definition) is 2. The van der Waals surface area contributed by atoms with Crippen LogP contribution >= 0.6 is 0 Å². The molecule has 2 atom stereocenters. The van der Waals surface area contributed by atoms with Gasteiger partial charge in [0.2, 0.25) is 0 Å². The molecule has 2 heterocycles. The molecular weight excluding hydrogens is 268 g/mol. The normalized spacial score (nSPS) is 24.7. The summed E-state index contributed by atoms with van der Waals surface area (Å²) < 4.78 is 0. The number of hydrogen-bond acceptors (Lipinski definition) is 3. The number of amides is 1. The third-order valence-electron chi connectivity index (χ3n) is 4.55. The largest absolute Gasteiger partial charge is 0.480 e. The van der Waals surface area contributed by atoms with E-state index in [1.807, 2.05) is 25.1 Å². The summed E-state index contributed by atoms with van der Waals surface area (Å²) in [5.41, 5.74) is 3.01. The zero-order chi connectivity index (χ0) is 15.0. The van der Waals surface area contributed by atoms with E-state index in [1.54, 1.807) is 0 Å². The van der Waals surface area contributed by atoms with Crippen molar-refractivity contribution in [1.29, 1.82) is 0 Å². The lowest BCUT2D eigenvalue weighted by molar-refractivity contribution is -0.142. The molecule has 1 amide bonds. The van der Waals surface area contributed by atoms with Gasteiger partial charge in [0.05, 0.1) is 0 Å². The summed E-state index contributed by atoms with van der Waals surface area (Å²) in [7, 11) is 0. The highest BCUT2D eigenvalue weighted by Gasteiger charge is 2.39. The van der Waals surface area contributed by atoms with Gasteiger partial charge in [0, 0.05) is 18.7 Å². The Labute approximate surface area is 123 Å². The van der Waals surface area contributed by atoms with Crippen LogP contribution in [-0.2, 0) is 17.8 Å². The fourth-order valence-corrected chi connectivity index (χ4v) is 3.33. The first-order valence-electron chi connectivity index (χ1n) is 7.44. The van der Waals surface area contributed by atoms with Gasteiger partial charge in [-0.05, 0) is 48.6 Å². The lowest BCUT2D eigenvalue weighted by Gasteiger charge is -2.24. The van der Waals surface area contributed by atoms with Crippen LogP contribution in [0.2, 0.25) is 0 Å². The van der Waals surface area contributed by atoms with Crippen LogP contribution in [0.15, 0.2) is 18.2 Å². The molecule has 2 aliphatic heterocycles. The van der Waals surface area contributed by atoms with E-state index in [-0.39, 0.29) is 11.8 Å². The number of carboxylic acid groups (broad SMARTS) is 1. The van der Waals surface area contributed by atoms with E-state index in [2.05, 4.69) is 5.32 Å². The Hall–Kier alpha value is -1.88. The van der Waals surface area contributed by atoms with Crippen molar-refractivity contribution in [2.45, 2.75) is 32.4 Å². The first kappa shape index (κ1) is 14.1. The summed E-state index contributed by atoms with van der Waals surface area (Å²) in [5, 5.41) is 12.6. The second-order valence-corrected chi connectivity index (χ2v) is 5.96. The number of nitrogens with zero attached hydrogens (tertiary/aromatic N) is 1. The van der Waals surface area contributed by atoms with Gasteiger partial charge in [-0.2, -0.15) is 0 Å². The molecule has 1 saturated heterocycles. The maximum Gasteiger partial charge on any atom is 0.326 e.